The Morgan fingerprint density at radius 2 is 2.04 bits per heavy atom. The van der Waals surface area contributed by atoms with E-state index in [9.17, 15) is 14.0 Å². The van der Waals surface area contributed by atoms with Crippen LogP contribution < -0.4 is 15.8 Å². The molecule has 0 spiro atoms. The second kappa shape index (κ2) is 7.49. The fourth-order valence-corrected chi connectivity index (χ4v) is 1.83. The van der Waals surface area contributed by atoms with E-state index in [1.807, 2.05) is 0 Å². The molecule has 0 bridgehead atoms. The molecule has 0 aliphatic carbocycles. The number of carboxylic acids is 1. The molecule has 1 aromatic rings. The third kappa shape index (κ3) is 6.31. The lowest BCUT2D eigenvalue weighted by Crippen LogP contribution is -2.46. The van der Waals surface area contributed by atoms with Crippen molar-refractivity contribution in [3.05, 3.63) is 22.4 Å². The van der Waals surface area contributed by atoms with Crippen LogP contribution in [-0.2, 0) is 9.53 Å². The number of alkyl carbamates (subject to hydrolysis) is 1. The Balaban J connectivity index is 2.73. The number of nitrogen functional groups attached to an aromatic ring is 1. The van der Waals surface area contributed by atoms with Gasteiger partial charge < -0.3 is 25.6 Å². The van der Waals surface area contributed by atoms with E-state index >= 15 is 0 Å². The van der Waals surface area contributed by atoms with Crippen molar-refractivity contribution >= 4 is 33.7 Å². The van der Waals surface area contributed by atoms with E-state index in [0.29, 0.717) is 0 Å². The van der Waals surface area contributed by atoms with Gasteiger partial charge in [-0.3, -0.25) is 0 Å². The molecule has 1 rings (SSSR count). The molecule has 0 heterocycles. The van der Waals surface area contributed by atoms with E-state index in [0.717, 1.165) is 6.07 Å². The number of anilines is 1. The molecule has 0 aliphatic rings. The molecule has 0 aromatic heterocycles. The first-order valence-corrected chi connectivity index (χ1v) is 7.38. The largest absolute Gasteiger partial charge is 0.489 e. The highest BCUT2D eigenvalue weighted by atomic mass is 79.9. The molecule has 0 aliphatic heterocycles. The minimum Gasteiger partial charge on any atom is -0.489 e. The lowest BCUT2D eigenvalue weighted by atomic mass is 10.2. The summed E-state index contributed by atoms with van der Waals surface area (Å²) in [6.45, 7) is 4.48. The third-order valence-electron chi connectivity index (χ3n) is 2.45. The molecular formula is C14H18BrFN2O5. The van der Waals surface area contributed by atoms with Gasteiger partial charge in [0, 0.05) is 6.07 Å². The fourth-order valence-electron chi connectivity index (χ4n) is 1.47. The monoisotopic (exact) mass is 392 g/mol. The van der Waals surface area contributed by atoms with Gasteiger partial charge in [-0.15, -0.1) is 0 Å². The van der Waals surface area contributed by atoms with Gasteiger partial charge in [0.1, 0.15) is 23.8 Å². The number of amides is 1. The summed E-state index contributed by atoms with van der Waals surface area (Å²) in [5.74, 6) is -1.96. The molecule has 1 amide bonds. The molecule has 0 radical (unpaired) electrons. The van der Waals surface area contributed by atoms with E-state index in [2.05, 4.69) is 21.2 Å². The Bertz CT molecular complexity index is 604. The maximum absolute atomic E-state index is 13.4. The van der Waals surface area contributed by atoms with Crippen LogP contribution in [0.1, 0.15) is 20.8 Å². The van der Waals surface area contributed by atoms with Crippen molar-refractivity contribution in [1.29, 1.82) is 0 Å². The number of carbonyl (C=O) groups excluding carboxylic acids is 1. The number of rotatable bonds is 5. The SMILES string of the molecule is CC(C)(C)OC(=O)N[C@@H](COc1cc(F)c(Br)cc1N)C(=O)O. The van der Waals surface area contributed by atoms with Crippen LogP contribution in [0.3, 0.4) is 0 Å². The number of carboxylic acid groups (broad SMARTS) is 1. The average Bonchev–Trinajstić information content (AvgIpc) is 2.37. The van der Waals surface area contributed by atoms with Crippen molar-refractivity contribution in [2.75, 3.05) is 12.3 Å². The molecule has 7 nitrogen and oxygen atoms in total. The Kier molecular flexibility index (Phi) is 6.20. The van der Waals surface area contributed by atoms with Crippen LogP contribution in [0, 0.1) is 5.82 Å². The third-order valence-corrected chi connectivity index (χ3v) is 3.05. The summed E-state index contributed by atoms with van der Waals surface area (Å²) in [5, 5.41) is 11.3. The van der Waals surface area contributed by atoms with Crippen LogP contribution in [-0.4, -0.2) is 35.4 Å². The maximum atomic E-state index is 13.4. The Labute approximate surface area is 141 Å². The molecule has 0 unspecified atom stereocenters. The molecule has 23 heavy (non-hydrogen) atoms. The summed E-state index contributed by atoms with van der Waals surface area (Å²) < 4.78 is 23.8. The van der Waals surface area contributed by atoms with Gasteiger partial charge in [0.2, 0.25) is 0 Å². The zero-order valence-corrected chi connectivity index (χ0v) is 14.4. The quantitative estimate of drug-likeness (QED) is 0.663. The zero-order chi connectivity index (χ0) is 17.8. The Hall–Kier alpha value is -2.03. The van der Waals surface area contributed by atoms with Gasteiger partial charge in [-0.25, -0.2) is 14.0 Å². The number of halogens is 2. The molecule has 128 valence electrons. The predicted molar refractivity (Wildman–Crippen MR) is 84.8 cm³/mol. The van der Waals surface area contributed by atoms with E-state index in [1.165, 1.54) is 6.07 Å². The summed E-state index contributed by atoms with van der Waals surface area (Å²) in [7, 11) is 0. The first-order chi connectivity index (χ1) is 10.5. The zero-order valence-electron chi connectivity index (χ0n) is 12.9. The van der Waals surface area contributed by atoms with Crippen LogP contribution in [0.2, 0.25) is 0 Å². The fraction of sp³-hybridized carbons (Fsp3) is 0.429. The van der Waals surface area contributed by atoms with Crippen molar-refractivity contribution in [2.45, 2.75) is 32.4 Å². The minimum atomic E-state index is -1.38. The van der Waals surface area contributed by atoms with Crippen LogP contribution >= 0.6 is 15.9 Å². The number of benzene rings is 1. The van der Waals surface area contributed by atoms with E-state index in [4.69, 9.17) is 20.3 Å². The van der Waals surface area contributed by atoms with Gasteiger partial charge in [0.05, 0.1) is 10.2 Å². The van der Waals surface area contributed by atoms with Crippen molar-refractivity contribution in [3.63, 3.8) is 0 Å². The van der Waals surface area contributed by atoms with Crippen LogP contribution in [0.15, 0.2) is 16.6 Å². The topological polar surface area (TPSA) is 111 Å². The normalized spacial score (nSPS) is 12.4. The van der Waals surface area contributed by atoms with E-state index in [-0.39, 0.29) is 15.9 Å². The summed E-state index contributed by atoms with van der Waals surface area (Å²) in [6.07, 6.45) is -0.900. The van der Waals surface area contributed by atoms with E-state index in [1.54, 1.807) is 20.8 Å². The number of hydrogen-bond acceptors (Lipinski definition) is 5. The average molecular weight is 393 g/mol. The van der Waals surface area contributed by atoms with Crippen molar-refractivity contribution in [2.24, 2.45) is 0 Å². The van der Waals surface area contributed by atoms with Gasteiger partial charge in [-0.1, -0.05) is 0 Å². The van der Waals surface area contributed by atoms with Gasteiger partial charge in [0.25, 0.3) is 0 Å². The smallest absolute Gasteiger partial charge is 0.408 e. The highest BCUT2D eigenvalue weighted by molar-refractivity contribution is 9.10. The molecule has 1 aromatic carbocycles. The second-order valence-electron chi connectivity index (χ2n) is 5.65. The van der Waals surface area contributed by atoms with Gasteiger partial charge in [-0.2, -0.15) is 0 Å². The van der Waals surface area contributed by atoms with Crippen LogP contribution in [0.5, 0.6) is 5.75 Å². The Morgan fingerprint density at radius 3 is 2.57 bits per heavy atom. The van der Waals surface area contributed by atoms with Gasteiger partial charge >= 0.3 is 12.1 Å². The predicted octanol–water partition coefficient (Wildman–Crippen LogP) is 2.53. The summed E-state index contributed by atoms with van der Waals surface area (Å²) in [4.78, 5) is 22.8. The molecule has 0 fully saturated rings. The lowest BCUT2D eigenvalue weighted by Gasteiger charge is -2.22. The number of aliphatic carboxylic acids is 1. The molecule has 1 atom stereocenters. The molecule has 0 saturated carbocycles. The number of carbonyl (C=O) groups is 2. The summed E-state index contributed by atoms with van der Waals surface area (Å²) in [6, 6.07) is 0.934. The van der Waals surface area contributed by atoms with Gasteiger partial charge in [0.15, 0.2) is 6.04 Å². The molecule has 4 N–H and O–H groups in total. The highest BCUT2D eigenvalue weighted by Crippen LogP contribution is 2.28. The molecule has 0 saturated heterocycles. The number of hydrogen-bond donors (Lipinski definition) is 3. The Morgan fingerprint density at radius 1 is 1.43 bits per heavy atom. The maximum Gasteiger partial charge on any atom is 0.408 e. The van der Waals surface area contributed by atoms with E-state index < -0.39 is 36.1 Å². The first kappa shape index (κ1) is 19.0. The summed E-state index contributed by atoms with van der Waals surface area (Å²) in [5.41, 5.74) is 5.01. The number of nitrogens with one attached hydrogen (secondary N) is 1. The molecule has 9 heteroatoms. The standard InChI is InChI=1S/C14H18BrFN2O5/c1-14(2,3)23-13(21)18-10(12(19)20)6-22-11-5-8(16)7(15)4-9(11)17/h4-5,10H,6,17H2,1-3H3,(H,18,21)(H,19,20)/t10-/m0/s1. The van der Waals surface area contributed by atoms with Crippen LogP contribution in [0.25, 0.3) is 0 Å². The molecular weight excluding hydrogens is 375 g/mol. The first-order valence-electron chi connectivity index (χ1n) is 6.59. The lowest BCUT2D eigenvalue weighted by molar-refractivity contribution is -0.140. The van der Waals surface area contributed by atoms with Crippen molar-refractivity contribution in [1.82, 2.24) is 5.32 Å². The van der Waals surface area contributed by atoms with Crippen molar-refractivity contribution in [3.8, 4) is 5.75 Å². The minimum absolute atomic E-state index is 0.0251. The summed E-state index contributed by atoms with van der Waals surface area (Å²) >= 11 is 2.97. The number of nitrogens with two attached hydrogens (primary N) is 1. The highest BCUT2D eigenvalue weighted by Gasteiger charge is 2.25. The van der Waals surface area contributed by atoms with Crippen molar-refractivity contribution < 1.29 is 28.6 Å². The van der Waals surface area contributed by atoms with Gasteiger partial charge in [-0.05, 0) is 42.8 Å². The van der Waals surface area contributed by atoms with Crippen LogP contribution in [0.4, 0.5) is 14.9 Å². The number of ether oxygens (including phenoxy) is 2. The second-order valence-corrected chi connectivity index (χ2v) is 6.51.